The van der Waals surface area contributed by atoms with Gasteiger partial charge in [-0.2, -0.15) is 0 Å². The van der Waals surface area contributed by atoms with E-state index >= 15 is 0 Å². The first-order chi connectivity index (χ1) is 13.6. The highest BCUT2D eigenvalue weighted by atomic mass is 16.4. The molecule has 0 radical (unpaired) electrons. The van der Waals surface area contributed by atoms with E-state index in [0.717, 1.165) is 16.8 Å². The quantitative estimate of drug-likeness (QED) is 0.739. The number of hydrogen-bond donors (Lipinski definition) is 1. The molecule has 1 aliphatic rings. The summed E-state index contributed by atoms with van der Waals surface area (Å²) in [7, 11) is 0. The minimum Gasteiger partial charge on any atom is -0.407 e. The van der Waals surface area contributed by atoms with Gasteiger partial charge in [0.1, 0.15) is 0 Å². The van der Waals surface area contributed by atoms with Crippen molar-refractivity contribution >= 4 is 23.5 Å². The van der Waals surface area contributed by atoms with Gasteiger partial charge in [-0.05, 0) is 30.2 Å². The Balaban J connectivity index is 1.40. The van der Waals surface area contributed by atoms with E-state index in [9.17, 15) is 9.59 Å². The second kappa shape index (κ2) is 7.64. The van der Waals surface area contributed by atoms with Gasteiger partial charge in [0, 0.05) is 18.7 Å². The third-order valence-electron chi connectivity index (χ3n) is 4.84. The Bertz CT molecular complexity index is 1000. The summed E-state index contributed by atoms with van der Waals surface area (Å²) in [6, 6.07) is 17.2. The molecule has 2 amide bonds. The van der Waals surface area contributed by atoms with Gasteiger partial charge < -0.3 is 9.32 Å². The predicted molar refractivity (Wildman–Crippen MR) is 104 cm³/mol. The Morgan fingerprint density at radius 2 is 1.89 bits per heavy atom. The number of aromatic nitrogens is 2. The third-order valence-corrected chi connectivity index (χ3v) is 4.84. The molecule has 2 heterocycles. The van der Waals surface area contributed by atoms with Crippen LogP contribution in [0.5, 0.6) is 0 Å². The highest BCUT2D eigenvalue weighted by Gasteiger charge is 2.35. The van der Waals surface area contributed by atoms with Crippen molar-refractivity contribution in [3.8, 4) is 0 Å². The average Bonchev–Trinajstić information content (AvgIpc) is 3.31. The van der Waals surface area contributed by atoms with E-state index in [0.29, 0.717) is 18.9 Å². The van der Waals surface area contributed by atoms with Crippen LogP contribution in [0.3, 0.4) is 0 Å². The molecule has 0 saturated carbocycles. The fraction of sp³-hybridized carbons (Fsp3) is 0.238. The normalized spacial score (nSPS) is 16.4. The lowest BCUT2D eigenvalue weighted by Crippen LogP contribution is -2.24. The Labute approximate surface area is 162 Å². The number of benzene rings is 2. The van der Waals surface area contributed by atoms with Crippen molar-refractivity contribution in [1.29, 1.82) is 0 Å². The number of nitrogens with zero attached hydrogens (tertiary/aromatic N) is 3. The first kappa shape index (κ1) is 17.9. The standard InChI is InChI=1S/C21H20N4O3/c1-14-7-5-6-8-15(14)11-18(26)22-21-24-23-20(28-21)16-12-19(27)25(13-16)17-9-3-2-4-10-17/h2-10,16H,11-13H2,1H3,(H,22,24,26). The van der Waals surface area contributed by atoms with Crippen molar-refractivity contribution in [2.45, 2.75) is 25.7 Å². The van der Waals surface area contributed by atoms with Crippen LogP contribution in [-0.4, -0.2) is 28.6 Å². The Hall–Kier alpha value is -3.48. The third kappa shape index (κ3) is 3.78. The smallest absolute Gasteiger partial charge is 0.322 e. The fourth-order valence-electron chi connectivity index (χ4n) is 3.33. The molecule has 1 N–H and O–H groups in total. The number of nitrogens with one attached hydrogen (secondary N) is 1. The van der Waals surface area contributed by atoms with Crippen LogP contribution in [0.2, 0.25) is 0 Å². The number of anilines is 2. The van der Waals surface area contributed by atoms with Gasteiger partial charge in [-0.15, -0.1) is 5.10 Å². The zero-order chi connectivity index (χ0) is 19.5. The molecule has 1 saturated heterocycles. The minimum absolute atomic E-state index is 0.0135. The van der Waals surface area contributed by atoms with E-state index in [4.69, 9.17) is 4.42 Å². The summed E-state index contributed by atoms with van der Waals surface area (Å²) in [5.41, 5.74) is 2.84. The second-order valence-electron chi connectivity index (χ2n) is 6.84. The molecule has 1 unspecified atom stereocenters. The molecule has 1 aromatic heterocycles. The number of rotatable bonds is 5. The molecule has 142 valence electrons. The summed E-state index contributed by atoms with van der Waals surface area (Å²) in [6.45, 7) is 2.44. The lowest BCUT2D eigenvalue weighted by atomic mass is 10.1. The van der Waals surface area contributed by atoms with Gasteiger partial charge in [0.15, 0.2) is 0 Å². The van der Waals surface area contributed by atoms with Crippen molar-refractivity contribution in [3.05, 3.63) is 71.6 Å². The van der Waals surface area contributed by atoms with Crippen molar-refractivity contribution in [3.63, 3.8) is 0 Å². The van der Waals surface area contributed by atoms with Crippen LogP contribution in [0.4, 0.5) is 11.7 Å². The maximum Gasteiger partial charge on any atom is 0.322 e. The van der Waals surface area contributed by atoms with Gasteiger partial charge in [0.2, 0.25) is 17.7 Å². The summed E-state index contributed by atoms with van der Waals surface area (Å²) >= 11 is 0. The number of para-hydroxylation sites is 1. The highest BCUT2D eigenvalue weighted by molar-refractivity contribution is 5.96. The first-order valence-corrected chi connectivity index (χ1v) is 9.13. The van der Waals surface area contributed by atoms with E-state index < -0.39 is 0 Å². The molecular weight excluding hydrogens is 356 g/mol. The van der Waals surface area contributed by atoms with Crippen LogP contribution in [0.15, 0.2) is 59.0 Å². The predicted octanol–water partition coefficient (Wildman–Crippen LogP) is 3.08. The van der Waals surface area contributed by atoms with E-state index in [1.165, 1.54) is 0 Å². The van der Waals surface area contributed by atoms with Crippen LogP contribution >= 0.6 is 0 Å². The lowest BCUT2D eigenvalue weighted by Gasteiger charge is -2.15. The van der Waals surface area contributed by atoms with Gasteiger partial charge in [-0.3, -0.25) is 14.9 Å². The number of hydrogen-bond acceptors (Lipinski definition) is 5. The Kier molecular flexibility index (Phi) is 4.89. The van der Waals surface area contributed by atoms with Crippen LogP contribution in [0.1, 0.15) is 29.4 Å². The molecule has 1 fully saturated rings. The molecule has 28 heavy (non-hydrogen) atoms. The molecule has 4 rings (SSSR count). The monoisotopic (exact) mass is 376 g/mol. The molecule has 0 bridgehead atoms. The maximum absolute atomic E-state index is 12.3. The Morgan fingerprint density at radius 1 is 1.14 bits per heavy atom. The van der Waals surface area contributed by atoms with E-state index in [2.05, 4.69) is 15.5 Å². The van der Waals surface area contributed by atoms with Crippen LogP contribution in [-0.2, 0) is 16.0 Å². The zero-order valence-electron chi connectivity index (χ0n) is 15.5. The van der Waals surface area contributed by atoms with E-state index in [-0.39, 0.29) is 30.2 Å². The van der Waals surface area contributed by atoms with Crippen molar-refractivity contribution in [2.75, 3.05) is 16.8 Å². The molecular formula is C21H20N4O3. The lowest BCUT2D eigenvalue weighted by molar-refractivity contribution is -0.117. The van der Waals surface area contributed by atoms with E-state index in [1.54, 1.807) is 4.90 Å². The summed E-state index contributed by atoms with van der Waals surface area (Å²) in [6.07, 6.45) is 0.530. The van der Waals surface area contributed by atoms with Crippen LogP contribution in [0.25, 0.3) is 0 Å². The van der Waals surface area contributed by atoms with Gasteiger partial charge in [0.25, 0.3) is 0 Å². The molecule has 1 aliphatic heterocycles. The summed E-state index contributed by atoms with van der Waals surface area (Å²) < 4.78 is 5.61. The number of aryl methyl sites for hydroxylation is 1. The van der Waals surface area contributed by atoms with E-state index in [1.807, 2.05) is 61.5 Å². The molecule has 7 nitrogen and oxygen atoms in total. The number of carbonyl (C=O) groups excluding carboxylic acids is 2. The van der Waals surface area contributed by atoms with Crippen molar-refractivity contribution < 1.29 is 14.0 Å². The van der Waals surface area contributed by atoms with Crippen molar-refractivity contribution in [1.82, 2.24) is 10.2 Å². The molecule has 1 atom stereocenters. The highest BCUT2D eigenvalue weighted by Crippen LogP contribution is 2.31. The molecule has 2 aromatic carbocycles. The van der Waals surface area contributed by atoms with Gasteiger partial charge in [-0.25, -0.2) is 0 Å². The van der Waals surface area contributed by atoms with Crippen LogP contribution < -0.4 is 10.2 Å². The maximum atomic E-state index is 12.3. The largest absolute Gasteiger partial charge is 0.407 e. The Morgan fingerprint density at radius 3 is 2.68 bits per heavy atom. The zero-order valence-corrected chi connectivity index (χ0v) is 15.5. The molecule has 0 aliphatic carbocycles. The number of carbonyl (C=O) groups is 2. The van der Waals surface area contributed by atoms with Gasteiger partial charge in [-0.1, -0.05) is 47.6 Å². The van der Waals surface area contributed by atoms with Crippen molar-refractivity contribution in [2.24, 2.45) is 0 Å². The van der Waals surface area contributed by atoms with Crippen LogP contribution in [0, 0.1) is 6.92 Å². The SMILES string of the molecule is Cc1ccccc1CC(=O)Nc1nnc(C2CC(=O)N(c3ccccc3)C2)o1. The topological polar surface area (TPSA) is 88.3 Å². The fourth-order valence-corrected chi connectivity index (χ4v) is 3.33. The molecule has 7 heteroatoms. The molecule has 3 aromatic rings. The molecule has 0 spiro atoms. The second-order valence-corrected chi connectivity index (χ2v) is 6.84. The summed E-state index contributed by atoms with van der Waals surface area (Å²) in [5.74, 6) is -0.0438. The number of amides is 2. The minimum atomic E-state index is -0.224. The van der Waals surface area contributed by atoms with Gasteiger partial charge in [0.05, 0.1) is 12.3 Å². The summed E-state index contributed by atoms with van der Waals surface area (Å²) in [4.78, 5) is 26.3. The first-order valence-electron chi connectivity index (χ1n) is 9.13. The van der Waals surface area contributed by atoms with Gasteiger partial charge >= 0.3 is 6.01 Å². The average molecular weight is 376 g/mol. The summed E-state index contributed by atoms with van der Waals surface area (Å²) in [5, 5.41) is 10.6.